The van der Waals surface area contributed by atoms with E-state index in [4.69, 9.17) is 16.0 Å². The van der Waals surface area contributed by atoms with Crippen LogP contribution in [0.5, 0.6) is 0 Å². The van der Waals surface area contributed by atoms with Gasteiger partial charge in [0, 0.05) is 29.7 Å². The molecule has 1 aliphatic carbocycles. The normalized spacial score (nSPS) is 18.0. The minimum Gasteiger partial charge on any atom is -0.438 e. The molecular formula is C20H22ClFN2O4S. The van der Waals surface area contributed by atoms with Crippen LogP contribution >= 0.6 is 11.6 Å². The standard InChI is InChI=1S/C20H22ClFN2O4S/c21-16-5-4-6-17(22)15(16)13-24(14-7-8-14)20(25)18-9-10-19(28-18)29(26,27)23-11-2-1-3-12-23/h4-6,9-10,14H,1-3,7-8,11-13H2. The molecule has 0 bridgehead atoms. The highest BCUT2D eigenvalue weighted by molar-refractivity contribution is 7.89. The number of hydrogen-bond donors (Lipinski definition) is 0. The molecule has 4 rings (SSSR count). The zero-order valence-electron chi connectivity index (χ0n) is 15.8. The average molecular weight is 441 g/mol. The van der Waals surface area contributed by atoms with E-state index in [0.717, 1.165) is 32.1 Å². The lowest BCUT2D eigenvalue weighted by Crippen LogP contribution is -2.35. The number of carbonyl (C=O) groups is 1. The van der Waals surface area contributed by atoms with Crippen molar-refractivity contribution < 1.29 is 22.0 Å². The minimum absolute atomic E-state index is 0.00388. The van der Waals surface area contributed by atoms with Crippen LogP contribution in [0.4, 0.5) is 4.39 Å². The lowest BCUT2D eigenvalue weighted by atomic mass is 10.2. The van der Waals surface area contributed by atoms with Gasteiger partial charge in [-0.2, -0.15) is 4.31 Å². The molecule has 1 aromatic heterocycles. The molecule has 0 spiro atoms. The Bertz CT molecular complexity index is 993. The average Bonchev–Trinajstić information content (AvgIpc) is 3.42. The number of carbonyl (C=O) groups excluding carboxylic acids is 1. The Labute approximate surface area is 174 Å². The number of furan rings is 1. The Hall–Kier alpha value is -1.90. The van der Waals surface area contributed by atoms with Crippen molar-refractivity contribution in [1.82, 2.24) is 9.21 Å². The van der Waals surface area contributed by atoms with Crippen molar-refractivity contribution in [3.8, 4) is 0 Å². The predicted octanol–water partition coefficient (Wildman–Crippen LogP) is 4.05. The van der Waals surface area contributed by atoms with Crippen molar-refractivity contribution >= 4 is 27.5 Å². The first-order valence-corrected chi connectivity index (χ1v) is 11.5. The van der Waals surface area contributed by atoms with Crippen molar-refractivity contribution in [2.45, 2.75) is 49.8 Å². The van der Waals surface area contributed by atoms with Gasteiger partial charge in [0.2, 0.25) is 5.09 Å². The van der Waals surface area contributed by atoms with Crippen LogP contribution in [0.15, 0.2) is 39.8 Å². The van der Waals surface area contributed by atoms with Gasteiger partial charge in [-0.15, -0.1) is 0 Å². The number of benzene rings is 1. The lowest BCUT2D eigenvalue weighted by molar-refractivity contribution is 0.0689. The summed E-state index contributed by atoms with van der Waals surface area (Å²) >= 11 is 6.11. The van der Waals surface area contributed by atoms with Crippen LogP contribution in [-0.2, 0) is 16.6 Å². The van der Waals surface area contributed by atoms with Crippen LogP contribution in [0.3, 0.4) is 0 Å². The smallest absolute Gasteiger partial charge is 0.290 e. The summed E-state index contributed by atoms with van der Waals surface area (Å²) in [5.41, 5.74) is 0.238. The van der Waals surface area contributed by atoms with Gasteiger partial charge in [0.25, 0.3) is 15.9 Å². The molecule has 156 valence electrons. The summed E-state index contributed by atoms with van der Waals surface area (Å²) in [5, 5.41) is 0.0127. The monoisotopic (exact) mass is 440 g/mol. The molecule has 9 heteroatoms. The van der Waals surface area contributed by atoms with Crippen LogP contribution < -0.4 is 0 Å². The number of nitrogens with zero attached hydrogens (tertiary/aromatic N) is 2. The Balaban J connectivity index is 1.57. The molecule has 2 heterocycles. The zero-order valence-corrected chi connectivity index (χ0v) is 17.4. The molecule has 1 saturated heterocycles. The number of halogens is 2. The third-order valence-corrected chi connectivity index (χ3v) is 7.47. The second-order valence-electron chi connectivity index (χ2n) is 7.45. The summed E-state index contributed by atoms with van der Waals surface area (Å²) < 4.78 is 46.6. The summed E-state index contributed by atoms with van der Waals surface area (Å²) in [4.78, 5) is 14.5. The Morgan fingerprint density at radius 3 is 2.55 bits per heavy atom. The first-order chi connectivity index (χ1) is 13.9. The van der Waals surface area contributed by atoms with Gasteiger partial charge in [-0.25, -0.2) is 12.8 Å². The fourth-order valence-electron chi connectivity index (χ4n) is 3.55. The van der Waals surface area contributed by atoms with E-state index in [0.29, 0.717) is 13.1 Å². The summed E-state index contributed by atoms with van der Waals surface area (Å²) in [6, 6.07) is 7.04. The molecule has 1 saturated carbocycles. The molecule has 1 aromatic carbocycles. The highest BCUT2D eigenvalue weighted by Gasteiger charge is 2.36. The first-order valence-electron chi connectivity index (χ1n) is 9.72. The van der Waals surface area contributed by atoms with E-state index in [-0.39, 0.29) is 34.0 Å². The van der Waals surface area contributed by atoms with Crippen LogP contribution in [-0.4, -0.2) is 42.7 Å². The van der Waals surface area contributed by atoms with Crippen LogP contribution in [0.25, 0.3) is 0 Å². The van der Waals surface area contributed by atoms with Gasteiger partial charge in [0.15, 0.2) is 5.76 Å². The molecule has 0 radical (unpaired) electrons. The van der Waals surface area contributed by atoms with Crippen molar-refractivity contribution in [3.63, 3.8) is 0 Å². The quantitative estimate of drug-likeness (QED) is 0.679. The van der Waals surface area contributed by atoms with Crippen molar-refractivity contribution in [1.29, 1.82) is 0 Å². The molecule has 2 aliphatic rings. The molecule has 1 aliphatic heterocycles. The lowest BCUT2D eigenvalue weighted by Gasteiger charge is -2.24. The zero-order chi connectivity index (χ0) is 20.6. The van der Waals surface area contributed by atoms with E-state index in [1.807, 2.05) is 0 Å². The molecular weight excluding hydrogens is 419 g/mol. The van der Waals surface area contributed by atoms with E-state index < -0.39 is 21.7 Å². The van der Waals surface area contributed by atoms with Gasteiger partial charge >= 0.3 is 0 Å². The molecule has 0 atom stereocenters. The van der Waals surface area contributed by atoms with E-state index in [1.54, 1.807) is 6.07 Å². The van der Waals surface area contributed by atoms with Crippen molar-refractivity contribution in [2.24, 2.45) is 0 Å². The number of sulfonamides is 1. The maximum Gasteiger partial charge on any atom is 0.290 e. The fraction of sp³-hybridized carbons (Fsp3) is 0.450. The van der Waals surface area contributed by atoms with Crippen molar-refractivity contribution in [2.75, 3.05) is 13.1 Å². The van der Waals surface area contributed by atoms with Gasteiger partial charge in [0.05, 0.1) is 6.54 Å². The Morgan fingerprint density at radius 1 is 1.17 bits per heavy atom. The highest BCUT2D eigenvalue weighted by atomic mass is 35.5. The van der Waals surface area contributed by atoms with Crippen LogP contribution in [0.1, 0.15) is 48.2 Å². The number of piperidine rings is 1. The molecule has 6 nitrogen and oxygen atoms in total. The van der Waals surface area contributed by atoms with Crippen LogP contribution in [0.2, 0.25) is 5.02 Å². The molecule has 0 N–H and O–H groups in total. The Morgan fingerprint density at radius 2 is 1.90 bits per heavy atom. The third-order valence-electron chi connectivity index (χ3n) is 5.34. The van der Waals surface area contributed by atoms with Gasteiger partial charge < -0.3 is 9.32 Å². The summed E-state index contributed by atoms with van der Waals surface area (Å²) in [6.45, 7) is 0.905. The number of rotatable bonds is 6. The SMILES string of the molecule is O=C(c1ccc(S(=O)(=O)N2CCCCC2)o1)N(Cc1c(F)cccc1Cl)C1CC1. The van der Waals surface area contributed by atoms with E-state index in [9.17, 15) is 17.6 Å². The van der Waals surface area contributed by atoms with Gasteiger partial charge in [-0.05, 0) is 49.9 Å². The minimum atomic E-state index is -3.76. The largest absolute Gasteiger partial charge is 0.438 e. The Kier molecular flexibility index (Phi) is 5.68. The summed E-state index contributed by atoms with van der Waals surface area (Å²) in [5.74, 6) is -1.02. The summed E-state index contributed by atoms with van der Waals surface area (Å²) in [7, 11) is -3.76. The molecule has 2 fully saturated rings. The van der Waals surface area contributed by atoms with Gasteiger partial charge in [0.1, 0.15) is 5.82 Å². The summed E-state index contributed by atoms with van der Waals surface area (Å²) in [6.07, 6.45) is 4.23. The van der Waals surface area contributed by atoms with Gasteiger partial charge in [-0.3, -0.25) is 4.79 Å². The van der Waals surface area contributed by atoms with Crippen LogP contribution in [0, 0.1) is 5.82 Å². The maximum atomic E-state index is 14.2. The molecule has 0 unspecified atom stereocenters. The topological polar surface area (TPSA) is 70.8 Å². The fourth-order valence-corrected chi connectivity index (χ4v) is 5.21. The van der Waals surface area contributed by atoms with E-state index >= 15 is 0 Å². The first kappa shape index (κ1) is 20.4. The van der Waals surface area contributed by atoms with E-state index in [2.05, 4.69) is 0 Å². The second kappa shape index (κ2) is 8.08. The molecule has 2 aromatic rings. The van der Waals surface area contributed by atoms with Gasteiger partial charge in [-0.1, -0.05) is 24.1 Å². The maximum absolute atomic E-state index is 14.2. The van der Waals surface area contributed by atoms with E-state index in [1.165, 1.54) is 33.5 Å². The molecule has 1 amide bonds. The predicted molar refractivity (Wildman–Crippen MR) is 106 cm³/mol. The number of hydrogen-bond acceptors (Lipinski definition) is 4. The second-order valence-corrected chi connectivity index (χ2v) is 9.72. The molecule has 29 heavy (non-hydrogen) atoms. The van der Waals surface area contributed by atoms with Crippen molar-refractivity contribution in [3.05, 3.63) is 52.5 Å². The number of amides is 1. The third kappa shape index (κ3) is 4.20. The highest BCUT2D eigenvalue weighted by Crippen LogP contribution is 2.33.